The molecule has 0 aromatic carbocycles. The van der Waals surface area contributed by atoms with E-state index in [1.54, 1.807) is 18.5 Å². The lowest BCUT2D eigenvalue weighted by Gasteiger charge is -2.14. The zero-order valence-electron chi connectivity index (χ0n) is 9.46. The maximum absolute atomic E-state index is 11.5. The summed E-state index contributed by atoms with van der Waals surface area (Å²) in [6.07, 6.45) is 4.67. The number of nitrogens with zero attached hydrogens (tertiary/aromatic N) is 2. The first-order chi connectivity index (χ1) is 8.25. The second-order valence-corrected chi connectivity index (χ2v) is 3.94. The van der Waals surface area contributed by atoms with Gasteiger partial charge in [0.1, 0.15) is 13.2 Å². The summed E-state index contributed by atoms with van der Waals surface area (Å²) in [5, 5.41) is 0. The van der Waals surface area contributed by atoms with E-state index in [0.717, 1.165) is 12.0 Å². The Bertz CT molecular complexity index is 405. The van der Waals surface area contributed by atoms with Crippen molar-refractivity contribution in [2.45, 2.75) is 19.4 Å². The number of esters is 1. The van der Waals surface area contributed by atoms with Crippen LogP contribution in [0.4, 0.5) is 0 Å². The predicted octanol–water partition coefficient (Wildman–Crippen LogP) is 0.747. The Labute approximate surface area is 99.4 Å². The maximum atomic E-state index is 11.5. The van der Waals surface area contributed by atoms with Gasteiger partial charge in [-0.2, -0.15) is 0 Å². The molecule has 5 heteroatoms. The van der Waals surface area contributed by atoms with E-state index in [1.165, 1.54) is 4.90 Å². The first kappa shape index (κ1) is 11.6. The van der Waals surface area contributed by atoms with Crippen molar-refractivity contribution in [3.8, 4) is 0 Å². The SMILES string of the molecule is O=C(CN1CCCC1=O)OCc1cccnc1. The van der Waals surface area contributed by atoms with Crippen molar-refractivity contribution in [2.75, 3.05) is 13.1 Å². The minimum Gasteiger partial charge on any atom is -0.459 e. The highest BCUT2D eigenvalue weighted by Gasteiger charge is 2.22. The molecule has 0 atom stereocenters. The molecule has 0 N–H and O–H groups in total. The lowest BCUT2D eigenvalue weighted by atomic mass is 10.3. The van der Waals surface area contributed by atoms with Crippen molar-refractivity contribution in [2.24, 2.45) is 0 Å². The van der Waals surface area contributed by atoms with Crippen molar-refractivity contribution in [3.05, 3.63) is 30.1 Å². The molecule has 1 saturated heterocycles. The number of hydrogen-bond donors (Lipinski definition) is 0. The van der Waals surface area contributed by atoms with Crippen molar-refractivity contribution < 1.29 is 14.3 Å². The standard InChI is InChI=1S/C12H14N2O3/c15-11-4-2-6-14(11)8-12(16)17-9-10-3-1-5-13-7-10/h1,3,5,7H,2,4,6,8-9H2. The van der Waals surface area contributed by atoms with Gasteiger partial charge in [-0.1, -0.05) is 6.07 Å². The Hall–Kier alpha value is -1.91. The monoisotopic (exact) mass is 234 g/mol. The number of carbonyl (C=O) groups excluding carboxylic acids is 2. The summed E-state index contributed by atoms with van der Waals surface area (Å²) >= 11 is 0. The Morgan fingerprint density at radius 1 is 1.53 bits per heavy atom. The summed E-state index contributed by atoms with van der Waals surface area (Å²) < 4.78 is 5.07. The highest BCUT2D eigenvalue weighted by Crippen LogP contribution is 2.09. The number of aromatic nitrogens is 1. The van der Waals surface area contributed by atoms with E-state index in [0.29, 0.717) is 13.0 Å². The summed E-state index contributed by atoms with van der Waals surface area (Å²) in [7, 11) is 0. The molecule has 5 nitrogen and oxygen atoms in total. The first-order valence-corrected chi connectivity index (χ1v) is 5.58. The molecule has 1 aromatic rings. The highest BCUT2D eigenvalue weighted by atomic mass is 16.5. The van der Waals surface area contributed by atoms with Crippen LogP contribution in [-0.4, -0.2) is 34.8 Å². The quantitative estimate of drug-likeness (QED) is 0.721. The normalized spacial score (nSPS) is 15.1. The highest BCUT2D eigenvalue weighted by molar-refractivity contribution is 5.83. The fourth-order valence-corrected chi connectivity index (χ4v) is 1.72. The second-order valence-electron chi connectivity index (χ2n) is 3.94. The number of likely N-dealkylation sites (tertiary alicyclic amines) is 1. The topological polar surface area (TPSA) is 59.5 Å². The molecule has 0 unspecified atom stereocenters. The van der Waals surface area contributed by atoms with E-state index in [4.69, 9.17) is 4.74 Å². The Kier molecular flexibility index (Phi) is 3.69. The van der Waals surface area contributed by atoms with Gasteiger partial charge in [0.2, 0.25) is 5.91 Å². The molecule has 2 heterocycles. The molecule has 2 rings (SSSR count). The van der Waals surface area contributed by atoms with Crippen LogP contribution in [0, 0.1) is 0 Å². The fraction of sp³-hybridized carbons (Fsp3) is 0.417. The molecule has 0 aliphatic carbocycles. The van der Waals surface area contributed by atoms with E-state index in [2.05, 4.69) is 4.98 Å². The van der Waals surface area contributed by atoms with Gasteiger partial charge in [-0.25, -0.2) is 0 Å². The van der Waals surface area contributed by atoms with Gasteiger partial charge in [-0.15, -0.1) is 0 Å². The Morgan fingerprint density at radius 2 is 2.41 bits per heavy atom. The first-order valence-electron chi connectivity index (χ1n) is 5.58. The summed E-state index contributed by atoms with van der Waals surface area (Å²) in [6.45, 7) is 0.911. The third-order valence-electron chi connectivity index (χ3n) is 2.61. The van der Waals surface area contributed by atoms with E-state index < -0.39 is 0 Å². The van der Waals surface area contributed by atoms with E-state index in [1.807, 2.05) is 6.07 Å². The van der Waals surface area contributed by atoms with Gasteiger partial charge in [0.25, 0.3) is 0 Å². The molecular weight excluding hydrogens is 220 g/mol. The van der Waals surface area contributed by atoms with Crippen molar-refractivity contribution in [1.29, 1.82) is 0 Å². The summed E-state index contributed by atoms with van der Waals surface area (Å²) in [6, 6.07) is 3.62. The smallest absolute Gasteiger partial charge is 0.325 e. The molecule has 17 heavy (non-hydrogen) atoms. The van der Waals surface area contributed by atoms with Crippen LogP contribution in [0.15, 0.2) is 24.5 Å². The zero-order valence-corrected chi connectivity index (χ0v) is 9.46. The van der Waals surface area contributed by atoms with Crippen molar-refractivity contribution in [3.63, 3.8) is 0 Å². The van der Waals surface area contributed by atoms with E-state index in [-0.39, 0.29) is 25.0 Å². The third kappa shape index (κ3) is 3.27. The molecule has 0 radical (unpaired) electrons. The lowest BCUT2D eigenvalue weighted by Crippen LogP contribution is -2.31. The molecule has 1 fully saturated rings. The molecule has 1 aliphatic rings. The van der Waals surface area contributed by atoms with E-state index in [9.17, 15) is 9.59 Å². The number of carbonyl (C=O) groups is 2. The number of pyridine rings is 1. The van der Waals surface area contributed by atoms with Crippen LogP contribution >= 0.6 is 0 Å². The fourth-order valence-electron chi connectivity index (χ4n) is 1.72. The summed E-state index contributed by atoms with van der Waals surface area (Å²) in [5.74, 6) is -0.340. The van der Waals surface area contributed by atoms with E-state index >= 15 is 0 Å². The Morgan fingerprint density at radius 3 is 3.06 bits per heavy atom. The van der Waals surface area contributed by atoms with Crippen molar-refractivity contribution >= 4 is 11.9 Å². The van der Waals surface area contributed by atoms with Crippen LogP contribution in [0.25, 0.3) is 0 Å². The molecule has 1 aromatic heterocycles. The number of rotatable bonds is 4. The average molecular weight is 234 g/mol. The third-order valence-corrected chi connectivity index (χ3v) is 2.61. The van der Waals surface area contributed by atoms with Crippen LogP contribution in [0.5, 0.6) is 0 Å². The predicted molar refractivity (Wildman–Crippen MR) is 59.8 cm³/mol. The molecule has 1 amide bonds. The Balaban J connectivity index is 1.76. The van der Waals surface area contributed by atoms with Crippen LogP contribution < -0.4 is 0 Å². The summed E-state index contributed by atoms with van der Waals surface area (Å²) in [5.41, 5.74) is 0.841. The van der Waals surface area contributed by atoms with Gasteiger partial charge < -0.3 is 9.64 Å². The molecule has 90 valence electrons. The van der Waals surface area contributed by atoms with Gasteiger partial charge in [0, 0.05) is 30.9 Å². The van der Waals surface area contributed by atoms with Gasteiger partial charge in [0.15, 0.2) is 0 Å². The van der Waals surface area contributed by atoms with Crippen molar-refractivity contribution in [1.82, 2.24) is 9.88 Å². The maximum Gasteiger partial charge on any atom is 0.325 e. The van der Waals surface area contributed by atoms with Gasteiger partial charge >= 0.3 is 5.97 Å². The van der Waals surface area contributed by atoms with Crippen LogP contribution in [0.2, 0.25) is 0 Å². The minimum absolute atomic E-state index is 0.0309. The lowest BCUT2D eigenvalue weighted by molar-refractivity contribution is -0.149. The minimum atomic E-state index is -0.371. The van der Waals surface area contributed by atoms with Gasteiger partial charge in [-0.05, 0) is 12.5 Å². The van der Waals surface area contributed by atoms with Crippen LogP contribution in [-0.2, 0) is 20.9 Å². The van der Waals surface area contributed by atoms with Gasteiger partial charge in [-0.3, -0.25) is 14.6 Å². The molecular formula is C12H14N2O3. The number of amides is 1. The molecule has 1 aliphatic heterocycles. The number of hydrogen-bond acceptors (Lipinski definition) is 4. The zero-order chi connectivity index (χ0) is 12.1. The summed E-state index contributed by atoms with van der Waals surface area (Å²) in [4.78, 5) is 28.2. The number of ether oxygens (including phenoxy) is 1. The van der Waals surface area contributed by atoms with Gasteiger partial charge in [0.05, 0.1) is 0 Å². The average Bonchev–Trinajstić information content (AvgIpc) is 2.74. The molecule has 0 saturated carbocycles. The van der Waals surface area contributed by atoms with Crippen LogP contribution in [0.3, 0.4) is 0 Å². The molecule has 0 bridgehead atoms. The molecule has 0 spiro atoms. The van der Waals surface area contributed by atoms with Crippen LogP contribution in [0.1, 0.15) is 18.4 Å². The second kappa shape index (κ2) is 5.43. The largest absolute Gasteiger partial charge is 0.459 e.